The van der Waals surface area contributed by atoms with Gasteiger partial charge in [0.25, 0.3) is 5.91 Å². The van der Waals surface area contributed by atoms with Gasteiger partial charge in [0.05, 0.1) is 12.9 Å². The van der Waals surface area contributed by atoms with E-state index >= 15 is 0 Å². The normalized spacial score (nSPS) is 10.4. The van der Waals surface area contributed by atoms with Crippen LogP contribution in [0.5, 0.6) is 0 Å². The molecule has 0 spiro atoms. The van der Waals surface area contributed by atoms with Gasteiger partial charge in [-0.25, -0.2) is 14.2 Å². The summed E-state index contributed by atoms with van der Waals surface area (Å²) in [6, 6.07) is 4.20. The van der Waals surface area contributed by atoms with Crippen molar-refractivity contribution in [2.75, 3.05) is 7.05 Å². The quantitative estimate of drug-likeness (QED) is 0.906. The van der Waals surface area contributed by atoms with Crippen LogP contribution in [0.25, 0.3) is 0 Å². The number of benzene rings is 1. The van der Waals surface area contributed by atoms with Crippen molar-refractivity contribution in [2.24, 2.45) is 0 Å². The van der Waals surface area contributed by atoms with Crippen LogP contribution in [-0.2, 0) is 6.54 Å². The van der Waals surface area contributed by atoms with Crippen molar-refractivity contribution in [1.82, 2.24) is 14.9 Å². The van der Waals surface area contributed by atoms with E-state index in [4.69, 9.17) is 16.7 Å². The van der Waals surface area contributed by atoms with Crippen LogP contribution in [0.3, 0.4) is 0 Å². The molecule has 1 aromatic heterocycles. The molecule has 1 amide bonds. The first-order chi connectivity index (χ1) is 9.91. The van der Waals surface area contributed by atoms with E-state index in [2.05, 4.69) is 9.97 Å². The molecule has 0 bridgehead atoms. The first-order valence-electron chi connectivity index (χ1n) is 5.86. The summed E-state index contributed by atoms with van der Waals surface area (Å²) in [6.45, 7) is -0.101. The molecule has 1 heterocycles. The van der Waals surface area contributed by atoms with Crippen molar-refractivity contribution in [2.45, 2.75) is 6.54 Å². The SMILES string of the molecule is CN(Cc1c(F)cccc1Cl)C(=O)c1nc[nH]c1C(=O)O. The number of aromatic amines is 1. The molecule has 0 fully saturated rings. The van der Waals surface area contributed by atoms with Gasteiger partial charge in [-0.3, -0.25) is 4.79 Å². The minimum absolute atomic E-state index is 0.101. The van der Waals surface area contributed by atoms with Crippen LogP contribution in [0.1, 0.15) is 26.5 Å². The van der Waals surface area contributed by atoms with E-state index in [9.17, 15) is 14.0 Å². The van der Waals surface area contributed by atoms with E-state index in [0.717, 1.165) is 11.2 Å². The number of hydrogen-bond acceptors (Lipinski definition) is 3. The number of nitrogens with one attached hydrogen (secondary N) is 1. The van der Waals surface area contributed by atoms with Gasteiger partial charge in [0.2, 0.25) is 0 Å². The number of carbonyl (C=O) groups is 2. The highest BCUT2D eigenvalue weighted by molar-refractivity contribution is 6.31. The van der Waals surface area contributed by atoms with E-state index in [1.54, 1.807) is 0 Å². The Balaban J connectivity index is 2.24. The highest BCUT2D eigenvalue weighted by Gasteiger charge is 2.23. The second-order valence-electron chi connectivity index (χ2n) is 4.29. The molecule has 0 aliphatic carbocycles. The third-order valence-corrected chi connectivity index (χ3v) is 3.21. The van der Waals surface area contributed by atoms with Gasteiger partial charge in [-0.1, -0.05) is 17.7 Å². The first kappa shape index (κ1) is 15.0. The zero-order valence-corrected chi connectivity index (χ0v) is 11.7. The number of rotatable bonds is 4. The Labute approximate surface area is 124 Å². The topological polar surface area (TPSA) is 86.3 Å². The molecule has 0 radical (unpaired) electrons. The molecule has 0 unspecified atom stereocenters. The van der Waals surface area contributed by atoms with E-state index in [1.165, 1.54) is 25.2 Å². The van der Waals surface area contributed by atoms with Gasteiger partial charge >= 0.3 is 5.97 Å². The number of H-pyrrole nitrogens is 1. The average Bonchev–Trinajstić information content (AvgIpc) is 2.91. The fourth-order valence-corrected chi connectivity index (χ4v) is 2.02. The molecule has 2 aromatic rings. The number of carboxylic acid groups (broad SMARTS) is 1. The van der Waals surface area contributed by atoms with Crippen molar-refractivity contribution in [3.05, 3.63) is 52.3 Å². The average molecular weight is 312 g/mol. The molecule has 1 aromatic carbocycles. The lowest BCUT2D eigenvalue weighted by Gasteiger charge is -2.17. The zero-order valence-electron chi connectivity index (χ0n) is 10.9. The van der Waals surface area contributed by atoms with Crippen LogP contribution >= 0.6 is 11.6 Å². The lowest BCUT2D eigenvalue weighted by molar-refractivity contribution is 0.0673. The van der Waals surface area contributed by atoms with Crippen LogP contribution in [0.2, 0.25) is 5.02 Å². The second kappa shape index (κ2) is 5.92. The van der Waals surface area contributed by atoms with Gasteiger partial charge in [0, 0.05) is 17.6 Å². The molecule has 0 atom stereocenters. The maximum atomic E-state index is 13.7. The van der Waals surface area contributed by atoms with E-state index in [0.29, 0.717) is 0 Å². The maximum Gasteiger partial charge on any atom is 0.354 e. The zero-order chi connectivity index (χ0) is 15.6. The molecule has 0 saturated carbocycles. The fraction of sp³-hybridized carbons (Fsp3) is 0.154. The van der Waals surface area contributed by atoms with Crippen LogP contribution < -0.4 is 0 Å². The predicted octanol–water partition coefficient (Wildman–Crippen LogP) is 2.17. The summed E-state index contributed by atoms with van der Waals surface area (Å²) in [4.78, 5) is 30.3. The molecule has 2 N–H and O–H groups in total. The van der Waals surface area contributed by atoms with Crippen LogP contribution in [0.4, 0.5) is 4.39 Å². The van der Waals surface area contributed by atoms with Gasteiger partial charge < -0.3 is 15.0 Å². The minimum atomic E-state index is -1.30. The number of carboxylic acids is 1. The Morgan fingerprint density at radius 2 is 2.19 bits per heavy atom. The molecule has 21 heavy (non-hydrogen) atoms. The summed E-state index contributed by atoms with van der Waals surface area (Å²) in [5.41, 5.74) is -0.397. The smallest absolute Gasteiger partial charge is 0.354 e. The summed E-state index contributed by atoms with van der Waals surface area (Å²) < 4.78 is 13.7. The van der Waals surface area contributed by atoms with Crippen LogP contribution in [-0.4, -0.2) is 38.9 Å². The molecule has 0 aliphatic heterocycles. The Morgan fingerprint density at radius 1 is 1.48 bits per heavy atom. The molecule has 0 saturated heterocycles. The van der Waals surface area contributed by atoms with Crippen molar-refractivity contribution in [1.29, 1.82) is 0 Å². The monoisotopic (exact) mass is 311 g/mol. The number of halogens is 2. The molecule has 110 valence electrons. The van der Waals surface area contributed by atoms with Crippen molar-refractivity contribution in [3.63, 3.8) is 0 Å². The van der Waals surface area contributed by atoms with Gasteiger partial charge in [0.15, 0.2) is 11.4 Å². The maximum absolute atomic E-state index is 13.7. The van der Waals surface area contributed by atoms with Crippen LogP contribution in [0, 0.1) is 5.82 Å². The van der Waals surface area contributed by atoms with Crippen molar-refractivity contribution < 1.29 is 19.1 Å². The standard InChI is InChI=1S/C13H11ClFN3O3/c1-18(5-7-8(14)3-2-4-9(7)15)12(19)10-11(13(20)21)17-6-16-10/h2-4,6H,5H2,1H3,(H,16,17)(H,20,21). The third-order valence-electron chi connectivity index (χ3n) is 2.86. The molecular formula is C13H11ClFN3O3. The fourth-order valence-electron chi connectivity index (χ4n) is 1.79. The Morgan fingerprint density at radius 3 is 2.81 bits per heavy atom. The summed E-state index contributed by atoms with van der Waals surface area (Å²) in [5.74, 6) is -2.48. The Kier molecular flexibility index (Phi) is 4.23. The summed E-state index contributed by atoms with van der Waals surface area (Å²) in [7, 11) is 1.41. The van der Waals surface area contributed by atoms with E-state index in [-0.39, 0.29) is 28.5 Å². The third kappa shape index (κ3) is 3.03. The van der Waals surface area contributed by atoms with Gasteiger partial charge in [0.1, 0.15) is 5.82 Å². The molecule has 6 nitrogen and oxygen atoms in total. The van der Waals surface area contributed by atoms with Gasteiger partial charge in [-0.15, -0.1) is 0 Å². The Hall–Kier alpha value is -2.41. The predicted molar refractivity (Wildman–Crippen MR) is 72.8 cm³/mol. The lowest BCUT2D eigenvalue weighted by Crippen LogP contribution is -2.28. The summed E-state index contributed by atoms with van der Waals surface area (Å²) >= 11 is 5.89. The molecular weight excluding hydrogens is 301 g/mol. The molecule has 0 aliphatic rings. The summed E-state index contributed by atoms with van der Waals surface area (Å²) in [5, 5.41) is 9.13. The number of hydrogen-bond donors (Lipinski definition) is 2. The highest BCUT2D eigenvalue weighted by Crippen LogP contribution is 2.21. The lowest BCUT2D eigenvalue weighted by atomic mass is 10.2. The Bertz CT molecular complexity index is 681. The number of amides is 1. The molecule has 8 heteroatoms. The van der Waals surface area contributed by atoms with Gasteiger partial charge in [-0.2, -0.15) is 0 Å². The number of carbonyl (C=O) groups excluding carboxylic acids is 1. The minimum Gasteiger partial charge on any atom is -0.477 e. The highest BCUT2D eigenvalue weighted by atomic mass is 35.5. The number of imidazole rings is 1. The summed E-state index contributed by atoms with van der Waals surface area (Å²) in [6.07, 6.45) is 1.11. The largest absolute Gasteiger partial charge is 0.477 e. The number of aromatic nitrogens is 2. The van der Waals surface area contributed by atoms with E-state index < -0.39 is 17.7 Å². The van der Waals surface area contributed by atoms with Crippen molar-refractivity contribution in [3.8, 4) is 0 Å². The van der Waals surface area contributed by atoms with E-state index in [1.807, 2.05) is 0 Å². The van der Waals surface area contributed by atoms with Gasteiger partial charge in [-0.05, 0) is 12.1 Å². The first-order valence-corrected chi connectivity index (χ1v) is 6.24. The van der Waals surface area contributed by atoms with Crippen LogP contribution in [0.15, 0.2) is 24.5 Å². The second-order valence-corrected chi connectivity index (χ2v) is 4.70. The van der Waals surface area contributed by atoms with Crippen molar-refractivity contribution >= 4 is 23.5 Å². The number of nitrogens with zero attached hydrogens (tertiary/aromatic N) is 2. The molecule has 2 rings (SSSR count). The number of aromatic carboxylic acids is 1.